The van der Waals surface area contributed by atoms with Gasteiger partial charge in [-0.3, -0.25) is 4.99 Å². The molecule has 20 heavy (non-hydrogen) atoms. The first-order chi connectivity index (χ1) is 9.55. The van der Waals surface area contributed by atoms with E-state index in [1.807, 2.05) is 18.2 Å². The molecule has 110 valence electrons. The van der Waals surface area contributed by atoms with Crippen LogP contribution in [0.5, 0.6) is 11.5 Å². The van der Waals surface area contributed by atoms with Crippen LogP contribution in [0.2, 0.25) is 0 Å². The number of benzene rings is 1. The van der Waals surface area contributed by atoms with Crippen LogP contribution in [-0.4, -0.2) is 38.2 Å². The van der Waals surface area contributed by atoms with Gasteiger partial charge >= 0.3 is 0 Å². The number of hydrogen-bond acceptors (Lipinski definition) is 5. The number of hydrogen-bond donors (Lipinski definition) is 1. The van der Waals surface area contributed by atoms with E-state index in [1.165, 1.54) is 0 Å². The van der Waals surface area contributed by atoms with Crippen LogP contribution in [0, 0.1) is 5.92 Å². The second-order valence-electron chi connectivity index (χ2n) is 5.41. The molecule has 1 aromatic rings. The number of guanidine groups is 1. The maximum Gasteiger partial charge on any atom is 0.191 e. The molecule has 1 aromatic carbocycles. The molecule has 1 atom stereocenters. The van der Waals surface area contributed by atoms with Crippen molar-refractivity contribution in [3.63, 3.8) is 0 Å². The quantitative estimate of drug-likeness (QED) is 0.894. The molecule has 0 radical (unpaired) electrons. The molecular formula is C15H23N3O2. The molecule has 0 bridgehead atoms. The Morgan fingerprint density at radius 1 is 1.25 bits per heavy atom. The molecule has 0 saturated heterocycles. The summed E-state index contributed by atoms with van der Waals surface area (Å²) in [5.41, 5.74) is 7.13. The van der Waals surface area contributed by atoms with Crippen LogP contribution < -0.4 is 15.2 Å². The second kappa shape index (κ2) is 6.03. The first-order valence-electron chi connectivity index (χ1n) is 6.84. The molecule has 2 rings (SSSR count). The fourth-order valence-corrected chi connectivity index (χ4v) is 2.45. The molecule has 5 heteroatoms. The van der Waals surface area contributed by atoms with E-state index < -0.39 is 0 Å². The standard InChI is InChI=1S/C15H23N3O2/c1-10(2)9-18-14(8-17-15(18)16)11-5-12(19-3)7-13(6-11)20-4/h5-7,10,14H,8-9H2,1-4H3,(H2,16,17). The van der Waals surface area contributed by atoms with E-state index in [2.05, 4.69) is 23.7 Å². The summed E-state index contributed by atoms with van der Waals surface area (Å²) in [4.78, 5) is 6.53. The monoisotopic (exact) mass is 277 g/mol. The number of nitrogens with zero attached hydrogens (tertiary/aromatic N) is 2. The smallest absolute Gasteiger partial charge is 0.191 e. The molecule has 0 aromatic heterocycles. The SMILES string of the molecule is COc1cc(OC)cc(C2CN=C(N)N2CC(C)C)c1. The van der Waals surface area contributed by atoms with E-state index in [9.17, 15) is 0 Å². The zero-order valence-electron chi connectivity index (χ0n) is 12.6. The van der Waals surface area contributed by atoms with Gasteiger partial charge in [0, 0.05) is 12.6 Å². The molecule has 1 heterocycles. The van der Waals surface area contributed by atoms with Gasteiger partial charge in [0.25, 0.3) is 0 Å². The van der Waals surface area contributed by atoms with Gasteiger partial charge in [-0.25, -0.2) is 0 Å². The Balaban J connectivity index is 2.30. The van der Waals surface area contributed by atoms with Crippen LogP contribution in [0.3, 0.4) is 0 Å². The molecule has 0 spiro atoms. The van der Waals surface area contributed by atoms with E-state index in [0.717, 1.165) is 23.6 Å². The van der Waals surface area contributed by atoms with Gasteiger partial charge < -0.3 is 20.1 Å². The van der Waals surface area contributed by atoms with Gasteiger partial charge in [0.2, 0.25) is 0 Å². The van der Waals surface area contributed by atoms with Gasteiger partial charge in [-0.2, -0.15) is 0 Å². The lowest BCUT2D eigenvalue weighted by atomic mass is 10.0. The highest BCUT2D eigenvalue weighted by molar-refractivity contribution is 5.80. The molecule has 1 aliphatic rings. The molecule has 1 unspecified atom stereocenters. The zero-order valence-corrected chi connectivity index (χ0v) is 12.6. The van der Waals surface area contributed by atoms with Crippen molar-refractivity contribution in [3.05, 3.63) is 23.8 Å². The molecule has 0 amide bonds. The minimum Gasteiger partial charge on any atom is -0.497 e. The summed E-state index contributed by atoms with van der Waals surface area (Å²) in [5.74, 6) is 2.71. The van der Waals surface area contributed by atoms with Gasteiger partial charge in [0.15, 0.2) is 5.96 Å². The minimum atomic E-state index is 0.154. The first-order valence-corrected chi connectivity index (χ1v) is 6.84. The van der Waals surface area contributed by atoms with Gasteiger partial charge in [-0.15, -0.1) is 0 Å². The van der Waals surface area contributed by atoms with Crippen LogP contribution >= 0.6 is 0 Å². The van der Waals surface area contributed by atoms with Gasteiger partial charge in [-0.1, -0.05) is 13.8 Å². The van der Waals surface area contributed by atoms with Crippen molar-refractivity contribution >= 4 is 5.96 Å². The fraction of sp³-hybridized carbons (Fsp3) is 0.533. The van der Waals surface area contributed by atoms with Crippen LogP contribution in [0.1, 0.15) is 25.5 Å². The molecule has 5 nitrogen and oxygen atoms in total. The summed E-state index contributed by atoms with van der Waals surface area (Å²) < 4.78 is 10.7. The highest BCUT2D eigenvalue weighted by atomic mass is 16.5. The van der Waals surface area contributed by atoms with Gasteiger partial charge in [0.1, 0.15) is 11.5 Å². The third-order valence-electron chi connectivity index (χ3n) is 3.42. The van der Waals surface area contributed by atoms with E-state index >= 15 is 0 Å². The zero-order chi connectivity index (χ0) is 14.7. The number of nitrogens with two attached hydrogens (primary N) is 1. The van der Waals surface area contributed by atoms with Crippen molar-refractivity contribution < 1.29 is 9.47 Å². The number of rotatable bonds is 5. The van der Waals surface area contributed by atoms with E-state index in [0.29, 0.717) is 18.4 Å². The predicted octanol–water partition coefficient (Wildman–Crippen LogP) is 2.03. The van der Waals surface area contributed by atoms with Crippen LogP contribution in [0.15, 0.2) is 23.2 Å². The van der Waals surface area contributed by atoms with Crippen molar-refractivity contribution in [3.8, 4) is 11.5 Å². The maximum absolute atomic E-state index is 6.01. The summed E-state index contributed by atoms with van der Waals surface area (Å²) in [7, 11) is 3.31. The van der Waals surface area contributed by atoms with Gasteiger partial charge in [-0.05, 0) is 23.6 Å². The highest BCUT2D eigenvalue weighted by Gasteiger charge is 2.28. The van der Waals surface area contributed by atoms with Crippen molar-refractivity contribution in [2.45, 2.75) is 19.9 Å². The Kier molecular flexibility index (Phi) is 4.37. The average Bonchev–Trinajstić information content (AvgIpc) is 2.79. The number of ether oxygens (including phenoxy) is 2. The lowest BCUT2D eigenvalue weighted by Gasteiger charge is -2.28. The summed E-state index contributed by atoms with van der Waals surface area (Å²) in [6.45, 7) is 5.91. The number of aliphatic imine (C=N–C) groups is 1. The van der Waals surface area contributed by atoms with Crippen molar-refractivity contribution in [1.29, 1.82) is 0 Å². The molecule has 2 N–H and O–H groups in total. The van der Waals surface area contributed by atoms with E-state index in [-0.39, 0.29) is 6.04 Å². The van der Waals surface area contributed by atoms with Crippen molar-refractivity contribution in [1.82, 2.24) is 4.90 Å². The molecule has 1 aliphatic heterocycles. The highest BCUT2D eigenvalue weighted by Crippen LogP contribution is 2.32. The summed E-state index contributed by atoms with van der Waals surface area (Å²) in [6, 6.07) is 6.07. The van der Waals surface area contributed by atoms with Crippen LogP contribution in [-0.2, 0) is 0 Å². The Hall–Kier alpha value is -1.91. The normalized spacial score (nSPS) is 18.4. The van der Waals surface area contributed by atoms with E-state index in [1.54, 1.807) is 14.2 Å². The van der Waals surface area contributed by atoms with Crippen LogP contribution in [0.4, 0.5) is 0 Å². The Morgan fingerprint density at radius 2 is 1.85 bits per heavy atom. The fourth-order valence-electron chi connectivity index (χ4n) is 2.45. The third kappa shape index (κ3) is 2.98. The molecular weight excluding hydrogens is 254 g/mol. The summed E-state index contributed by atoms with van der Waals surface area (Å²) in [6.07, 6.45) is 0. The maximum atomic E-state index is 6.01. The third-order valence-corrected chi connectivity index (χ3v) is 3.42. The lowest BCUT2D eigenvalue weighted by Crippen LogP contribution is -2.38. The van der Waals surface area contributed by atoms with Crippen molar-refractivity contribution in [2.75, 3.05) is 27.3 Å². The largest absolute Gasteiger partial charge is 0.497 e. The Labute approximate surface area is 120 Å². The van der Waals surface area contributed by atoms with E-state index in [4.69, 9.17) is 15.2 Å². The van der Waals surface area contributed by atoms with Crippen molar-refractivity contribution in [2.24, 2.45) is 16.6 Å². The Bertz CT molecular complexity index is 478. The van der Waals surface area contributed by atoms with Gasteiger partial charge in [0.05, 0.1) is 26.8 Å². The lowest BCUT2D eigenvalue weighted by molar-refractivity contribution is 0.307. The second-order valence-corrected chi connectivity index (χ2v) is 5.41. The summed E-state index contributed by atoms with van der Waals surface area (Å²) in [5, 5.41) is 0. The molecule has 0 aliphatic carbocycles. The summed E-state index contributed by atoms with van der Waals surface area (Å²) >= 11 is 0. The minimum absolute atomic E-state index is 0.154. The Morgan fingerprint density at radius 3 is 2.35 bits per heavy atom. The predicted molar refractivity (Wildman–Crippen MR) is 80.3 cm³/mol. The average molecular weight is 277 g/mol. The number of methoxy groups -OCH3 is 2. The molecule has 0 saturated carbocycles. The van der Waals surface area contributed by atoms with Crippen LogP contribution in [0.25, 0.3) is 0 Å². The molecule has 0 fully saturated rings. The first kappa shape index (κ1) is 14.5. The topological polar surface area (TPSA) is 60.1 Å².